The summed E-state index contributed by atoms with van der Waals surface area (Å²) in [7, 11) is -0.851. The van der Waals surface area contributed by atoms with Gasteiger partial charge in [0, 0.05) is 17.3 Å². The van der Waals surface area contributed by atoms with Crippen LogP contribution < -0.4 is 19.5 Å². The van der Waals surface area contributed by atoms with E-state index < -0.39 is 15.9 Å². The van der Waals surface area contributed by atoms with Gasteiger partial charge < -0.3 is 14.8 Å². The largest absolute Gasteiger partial charge is 0.497 e. The van der Waals surface area contributed by atoms with Crippen molar-refractivity contribution in [3.05, 3.63) is 77.9 Å². The molecule has 3 aromatic rings. The van der Waals surface area contributed by atoms with Crippen LogP contribution in [0.3, 0.4) is 0 Å². The van der Waals surface area contributed by atoms with Gasteiger partial charge in [-0.2, -0.15) is 0 Å². The zero-order chi connectivity index (χ0) is 21.7. The lowest BCUT2D eigenvalue weighted by Gasteiger charge is -2.14. The first kappa shape index (κ1) is 21.2. The fraction of sp³-hybridized carbons (Fsp3) is 0.136. The second kappa shape index (κ2) is 8.87. The van der Waals surface area contributed by atoms with E-state index in [0.29, 0.717) is 28.4 Å². The van der Waals surface area contributed by atoms with E-state index in [1.807, 2.05) is 0 Å². The van der Waals surface area contributed by atoms with Gasteiger partial charge in [-0.05, 0) is 48.9 Å². The standard InChI is InChI=1S/C22H22N2O5S/c1-15-9-10-16(13-21(15)30(26,27)24-17-7-5-4-6-8-17)22(25)23-19-12-11-18(28-2)14-20(19)29-3/h4-14,24H,1-3H3,(H,23,25). The van der Waals surface area contributed by atoms with Gasteiger partial charge in [0.25, 0.3) is 15.9 Å². The minimum absolute atomic E-state index is 0.0284. The first-order chi connectivity index (χ1) is 14.3. The van der Waals surface area contributed by atoms with Crippen LogP contribution in [0.25, 0.3) is 0 Å². The molecule has 0 unspecified atom stereocenters. The maximum atomic E-state index is 12.8. The molecule has 0 atom stereocenters. The second-order valence-corrected chi connectivity index (χ2v) is 8.12. The van der Waals surface area contributed by atoms with E-state index in [4.69, 9.17) is 9.47 Å². The van der Waals surface area contributed by atoms with Crippen molar-refractivity contribution < 1.29 is 22.7 Å². The monoisotopic (exact) mass is 426 g/mol. The highest BCUT2D eigenvalue weighted by molar-refractivity contribution is 7.92. The SMILES string of the molecule is COc1ccc(NC(=O)c2ccc(C)c(S(=O)(=O)Nc3ccccc3)c2)c(OC)c1. The van der Waals surface area contributed by atoms with Crippen LogP contribution in [0.15, 0.2) is 71.6 Å². The van der Waals surface area contributed by atoms with Gasteiger partial charge in [0.05, 0.1) is 24.8 Å². The van der Waals surface area contributed by atoms with E-state index >= 15 is 0 Å². The number of methoxy groups -OCH3 is 2. The number of rotatable bonds is 7. The summed E-state index contributed by atoms with van der Waals surface area (Å²) in [5.74, 6) is 0.545. The third kappa shape index (κ3) is 4.72. The third-order valence-corrected chi connectivity index (χ3v) is 5.95. The number of hydrogen-bond donors (Lipinski definition) is 2. The summed E-state index contributed by atoms with van der Waals surface area (Å²) < 4.78 is 38.7. The Kier molecular flexibility index (Phi) is 6.27. The molecule has 156 valence electrons. The number of carbonyl (C=O) groups excluding carboxylic acids is 1. The van der Waals surface area contributed by atoms with Crippen molar-refractivity contribution in [2.45, 2.75) is 11.8 Å². The average Bonchev–Trinajstić information content (AvgIpc) is 2.74. The van der Waals surface area contributed by atoms with Crippen molar-refractivity contribution in [2.24, 2.45) is 0 Å². The molecule has 2 N–H and O–H groups in total. The number of hydrogen-bond acceptors (Lipinski definition) is 5. The van der Waals surface area contributed by atoms with Crippen molar-refractivity contribution in [3.63, 3.8) is 0 Å². The number of aryl methyl sites for hydroxylation is 1. The zero-order valence-corrected chi connectivity index (χ0v) is 17.6. The Morgan fingerprint density at radius 3 is 2.30 bits per heavy atom. The second-order valence-electron chi connectivity index (χ2n) is 6.47. The summed E-state index contributed by atoms with van der Waals surface area (Å²) in [6.45, 7) is 1.67. The van der Waals surface area contributed by atoms with E-state index in [1.165, 1.54) is 20.3 Å². The first-order valence-corrected chi connectivity index (χ1v) is 10.5. The maximum absolute atomic E-state index is 12.8. The van der Waals surface area contributed by atoms with Crippen LogP contribution in [0.5, 0.6) is 11.5 Å². The summed E-state index contributed by atoms with van der Waals surface area (Å²) in [6.07, 6.45) is 0. The van der Waals surface area contributed by atoms with Crippen molar-refractivity contribution in [3.8, 4) is 11.5 Å². The lowest BCUT2D eigenvalue weighted by atomic mass is 10.1. The Labute approximate surface area is 175 Å². The number of carbonyl (C=O) groups is 1. The average molecular weight is 426 g/mol. The molecule has 0 aliphatic carbocycles. The lowest BCUT2D eigenvalue weighted by molar-refractivity contribution is 0.102. The maximum Gasteiger partial charge on any atom is 0.262 e. The normalized spacial score (nSPS) is 10.9. The van der Waals surface area contributed by atoms with Crippen LogP contribution >= 0.6 is 0 Å². The molecule has 0 fully saturated rings. The molecule has 3 aromatic carbocycles. The molecule has 7 nitrogen and oxygen atoms in total. The fourth-order valence-corrected chi connectivity index (χ4v) is 4.17. The highest BCUT2D eigenvalue weighted by Crippen LogP contribution is 2.30. The summed E-state index contributed by atoms with van der Waals surface area (Å²) in [5, 5.41) is 2.74. The molecule has 0 spiro atoms. The highest BCUT2D eigenvalue weighted by Gasteiger charge is 2.20. The summed E-state index contributed by atoms with van der Waals surface area (Å²) in [4.78, 5) is 12.8. The number of benzene rings is 3. The van der Waals surface area contributed by atoms with Crippen molar-refractivity contribution >= 4 is 27.3 Å². The van der Waals surface area contributed by atoms with Gasteiger partial charge in [-0.3, -0.25) is 9.52 Å². The minimum atomic E-state index is -3.87. The smallest absolute Gasteiger partial charge is 0.262 e. The number of ether oxygens (including phenoxy) is 2. The van der Waals surface area contributed by atoms with E-state index in [0.717, 1.165) is 0 Å². The highest BCUT2D eigenvalue weighted by atomic mass is 32.2. The van der Waals surface area contributed by atoms with Gasteiger partial charge in [0.2, 0.25) is 0 Å². The first-order valence-electron chi connectivity index (χ1n) is 9.06. The van der Waals surface area contributed by atoms with Crippen LogP contribution in [0, 0.1) is 6.92 Å². The molecule has 0 saturated carbocycles. The zero-order valence-electron chi connectivity index (χ0n) is 16.8. The van der Waals surface area contributed by atoms with Gasteiger partial charge in [-0.15, -0.1) is 0 Å². The summed E-state index contributed by atoms with van der Waals surface area (Å²) in [5.41, 5.74) is 1.61. The Morgan fingerprint density at radius 2 is 1.63 bits per heavy atom. The van der Waals surface area contributed by atoms with Crippen LogP contribution in [0.1, 0.15) is 15.9 Å². The Morgan fingerprint density at radius 1 is 0.900 bits per heavy atom. The Hall–Kier alpha value is -3.52. The van der Waals surface area contributed by atoms with Gasteiger partial charge >= 0.3 is 0 Å². The van der Waals surface area contributed by atoms with Gasteiger partial charge in [0.15, 0.2) is 0 Å². The molecule has 0 heterocycles. The molecule has 0 bridgehead atoms. The Bertz CT molecular complexity index is 1160. The molecular formula is C22H22N2O5S. The number of para-hydroxylation sites is 1. The molecule has 30 heavy (non-hydrogen) atoms. The third-order valence-electron chi connectivity index (χ3n) is 4.42. The van der Waals surface area contributed by atoms with Crippen LogP contribution in [0.4, 0.5) is 11.4 Å². The molecule has 0 radical (unpaired) electrons. The van der Waals surface area contributed by atoms with Crippen LogP contribution in [0.2, 0.25) is 0 Å². The Balaban J connectivity index is 1.88. The molecule has 0 aliphatic heterocycles. The van der Waals surface area contributed by atoms with Gasteiger partial charge in [-0.1, -0.05) is 24.3 Å². The molecular weight excluding hydrogens is 404 g/mol. The predicted octanol–water partition coefficient (Wildman–Crippen LogP) is 4.07. The topological polar surface area (TPSA) is 93.7 Å². The van der Waals surface area contributed by atoms with Crippen LogP contribution in [-0.4, -0.2) is 28.5 Å². The number of amides is 1. The molecule has 0 aliphatic rings. The van der Waals surface area contributed by atoms with Crippen molar-refractivity contribution in [1.29, 1.82) is 0 Å². The van der Waals surface area contributed by atoms with Gasteiger partial charge in [-0.25, -0.2) is 8.42 Å². The van der Waals surface area contributed by atoms with Crippen molar-refractivity contribution in [1.82, 2.24) is 0 Å². The minimum Gasteiger partial charge on any atom is -0.497 e. The van der Waals surface area contributed by atoms with E-state index in [2.05, 4.69) is 10.0 Å². The van der Waals surface area contributed by atoms with E-state index in [9.17, 15) is 13.2 Å². The van der Waals surface area contributed by atoms with E-state index in [1.54, 1.807) is 67.6 Å². The molecule has 1 amide bonds. The van der Waals surface area contributed by atoms with E-state index in [-0.39, 0.29) is 10.5 Å². The molecule has 0 saturated heterocycles. The number of nitrogens with one attached hydrogen (secondary N) is 2. The molecule has 0 aromatic heterocycles. The predicted molar refractivity (Wildman–Crippen MR) is 116 cm³/mol. The number of sulfonamides is 1. The quantitative estimate of drug-likeness (QED) is 0.594. The van der Waals surface area contributed by atoms with Gasteiger partial charge in [0.1, 0.15) is 11.5 Å². The summed E-state index contributed by atoms with van der Waals surface area (Å²) in [6, 6.07) is 18.1. The summed E-state index contributed by atoms with van der Waals surface area (Å²) >= 11 is 0. The number of anilines is 2. The van der Waals surface area contributed by atoms with Crippen molar-refractivity contribution in [2.75, 3.05) is 24.3 Å². The molecule has 8 heteroatoms. The lowest BCUT2D eigenvalue weighted by Crippen LogP contribution is -2.17. The fourth-order valence-electron chi connectivity index (χ4n) is 2.84. The van der Waals surface area contributed by atoms with Crippen LogP contribution in [-0.2, 0) is 10.0 Å². The molecule has 3 rings (SSSR count).